The largest absolute Gasteiger partial charge is 0.494 e. The lowest BCUT2D eigenvalue weighted by atomic mass is 10.1. The molecule has 0 atom stereocenters. The van der Waals surface area contributed by atoms with Crippen molar-refractivity contribution in [3.8, 4) is 11.8 Å². The van der Waals surface area contributed by atoms with Crippen molar-refractivity contribution in [2.45, 2.75) is 6.92 Å². The Bertz CT molecular complexity index is 440. The number of aliphatic imine (C=N–C) groups is 1. The van der Waals surface area contributed by atoms with Gasteiger partial charge in [0.05, 0.1) is 18.7 Å². The zero-order chi connectivity index (χ0) is 10.6. The third-order valence-corrected chi connectivity index (χ3v) is 1.88. The van der Waals surface area contributed by atoms with Gasteiger partial charge in [-0.3, -0.25) is 0 Å². The van der Waals surface area contributed by atoms with E-state index in [-0.39, 0.29) is 0 Å². The molecular weight excluding hydrogens is 180 g/mol. The predicted molar refractivity (Wildman–Crippen MR) is 50.2 cm³/mol. The van der Waals surface area contributed by atoms with Crippen molar-refractivity contribution < 1.29 is 9.53 Å². The monoisotopic (exact) mass is 188 g/mol. The summed E-state index contributed by atoms with van der Waals surface area (Å²) >= 11 is 0. The van der Waals surface area contributed by atoms with Crippen LogP contribution in [0, 0.1) is 18.3 Å². The van der Waals surface area contributed by atoms with E-state index in [1.807, 2.05) is 6.07 Å². The van der Waals surface area contributed by atoms with Gasteiger partial charge in [0, 0.05) is 5.56 Å². The van der Waals surface area contributed by atoms with Crippen LogP contribution in [0.1, 0.15) is 11.1 Å². The summed E-state index contributed by atoms with van der Waals surface area (Å²) in [4.78, 5) is 13.6. The molecule has 0 radical (unpaired) electrons. The van der Waals surface area contributed by atoms with E-state index in [2.05, 4.69) is 4.99 Å². The highest BCUT2D eigenvalue weighted by Crippen LogP contribution is 2.32. The molecular formula is C10H8N2O2. The van der Waals surface area contributed by atoms with Crippen molar-refractivity contribution in [3.63, 3.8) is 0 Å². The molecule has 1 aromatic carbocycles. The van der Waals surface area contributed by atoms with Gasteiger partial charge in [0.2, 0.25) is 6.08 Å². The zero-order valence-electron chi connectivity index (χ0n) is 7.87. The van der Waals surface area contributed by atoms with Gasteiger partial charge >= 0.3 is 0 Å². The Labute approximate surface area is 81.5 Å². The molecule has 0 heterocycles. The van der Waals surface area contributed by atoms with E-state index in [9.17, 15) is 4.79 Å². The van der Waals surface area contributed by atoms with Crippen LogP contribution in [0.15, 0.2) is 17.1 Å². The smallest absolute Gasteiger partial charge is 0.240 e. The van der Waals surface area contributed by atoms with Crippen molar-refractivity contribution in [1.82, 2.24) is 0 Å². The fraction of sp³-hybridized carbons (Fsp3) is 0.200. The molecule has 1 rings (SSSR count). The number of nitrogens with zero attached hydrogens (tertiary/aromatic N) is 2. The van der Waals surface area contributed by atoms with Gasteiger partial charge in [-0.25, -0.2) is 4.79 Å². The summed E-state index contributed by atoms with van der Waals surface area (Å²) < 4.78 is 5.05. The first-order valence-electron chi connectivity index (χ1n) is 3.90. The molecule has 0 fully saturated rings. The summed E-state index contributed by atoms with van der Waals surface area (Å²) in [7, 11) is 1.47. The summed E-state index contributed by atoms with van der Waals surface area (Å²) in [5.74, 6) is 0.437. The van der Waals surface area contributed by atoms with Gasteiger partial charge in [0.25, 0.3) is 0 Å². The van der Waals surface area contributed by atoms with Crippen LogP contribution in [-0.4, -0.2) is 13.2 Å². The molecule has 14 heavy (non-hydrogen) atoms. The van der Waals surface area contributed by atoms with Gasteiger partial charge in [0.15, 0.2) is 0 Å². The topological polar surface area (TPSA) is 62.4 Å². The Hall–Kier alpha value is -2.11. The van der Waals surface area contributed by atoms with Crippen molar-refractivity contribution in [2.75, 3.05) is 7.11 Å². The summed E-state index contributed by atoms with van der Waals surface area (Å²) in [5, 5.41) is 8.75. The molecule has 0 saturated heterocycles. The van der Waals surface area contributed by atoms with E-state index in [0.717, 1.165) is 0 Å². The van der Waals surface area contributed by atoms with Crippen LogP contribution >= 0.6 is 0 Å². The summed E-state index contributed by atoms with van der Waals surface area (Å²) in [6.45, 7) is 1.74. The van der Waals surface area contributed by atoms with Crippen molar-refractivity contribution in [1.29, 1.82) is 5.26 Å². The molecule has 0 aliphatic rings. The second-order valence-corrected chi connectivity index (χ2v) is 2.61. The molecule has 0 aliphatic carbocycles. The number of hydrogen-bond acceptors (Lipinski definition) is 4. The normalized spacial score (nSPS) is 8.64. The van der Waals surface area contributed by atoms with Crippen molar-refractivity contribution >= 4 is 11.8 Å². The number of rotatable bonds is 2. The lowest BCUT2D eigenvalue weighted by Crippen LogP contribution is -1.90. The van der Waals surface area contributed by atoms with Crippen molar-refractivity contribution in [3.05, 3.63) is 23.3 Å². The van der Waals surface area contributed by atoms with E-state index in [0.29, 0.717) is 22.6 Å². The van der Waals surface area contributed by atoms with Crippen LogP contribution in [0.3, 0.4) is 0 Å². The summed E-state index contributed by atoms with van der Waals surface area (Å²) in [6, 6.07) is 5.16. The van der Waals surface area contributed by atoms with E-state index >= 15 is 0 Å². The third kappa shape index (κ3) is 1.63. The number of methoxy groups -OCH3 is 1. The number of nitriles is 1. The first kappa shape index (κ1) is 9.97. The second kappa shape index (κ2) is 4.22. The van der Waals surface area contributed by atoms with Gasteiger partial charge < -0.3 is 4.74 Å². The molecule has 0 amide bonds. The zero-order valence-corrected chi connectivity index (χ0v) is 7.87. The van der Waals surface area contributed by atoms with E-state index in [1.54, 1.807) is 19.1 Å². The highest BCUT2D eigenvalue weighted by Gasteiger charge is 2.09. The molecule has 1 aromatic rings. The van der Waals surface area contributed by atoms with Crippen LogP contribution in [-0.2, 0) is 4.79 Å². The second-order valence-electron chi connectivity index (χ2n) is 2.61. The Morgan fingerprint density at radius 2 is 2.21 bits per heavy atom. The lowest BCUT2D eigenvalue weighted by molar-refractivity contribution is 0.413. The average Bonchev–Trinajstić information content (AvgIpc) is 2.19. The first-order chi connectivity index (χ1) is 6.74. The molecule has 0 unspecified atom stereocenters. The van der Waals surface area contributed by atoms with E-state index in [1.165, 1.54) is 13.2 Å². The maximum Gasteiger partial charge on any atom is 0.240 e. The van der Waals surface area contributed by atoms with Gasteiger partial charge in [-0.05, 0) is 19.1 Å². The van der Waals surface area contributed by atoms with Crippen LogP contribution in [0.2, 0.25) is 0 Å². The van der Waals surface area contributed by atoms with Crippen LogP contribution in [0.4, 0.5) is 5.69 Å². The number of hydrogen-bond donors (Lipinski definition) is 0. The molecule has 0 aromatic heterocycles. The minimum absolute atomic E-state index is 0.388. The minimum atomic E-state index is 0.388. The third-order valence-electron chi connectivity index (χ3n) is 1.88. The van der Waals surface area contributed by atoms with Crippen LogP contribution in [0.25, 0.3) is 0 Å². The number of ether oxygens (including phenoxy) is 1. The number of benzene rings is 1. The van der Waals surface area contributed by atoms with E-state index < -0.39 is 0 Å². The van der Waals surface area contributed by atoms with Crippen molar-refractivity contribution in [2.24, 2.45) is 4.99 Å². The Morgan fingerprint density at radius 3 is 2.71 bits per heavy atom. The first-order valence-corrected chi connectivity index (χ1v) is 3.90. The molecule has 0 spiro atoms. The molecule has 0 bridgehead atoms. The average molecular weight is 188 g/mol. The van der Waals surface area contributed by atoms with E-state index in [4.69, 9.17) is 10.00 Å². The fourth-order valence-corrected chi connectivity index (χ4v) is 1.19. The lowest BCUT2D eigenvalue weighted by Gasteiger charge is -2.07. The molecule has 0 saturated carbocycles. The van der Waals surface area contributed by atoms with Gasteiger partial charge in [-0.15, -0.1) is 0 Å². The molecule has 4 heteroatoms. The Balaban J connectivity index is 3.44. The molecule has 0 aliphatic heterocycles. The molecule has 70 valence electrons. The van der Waals surface area contributed by atoms with Gasteiger partial charge in [0.1, 0.15) is 11.4 Å². The fourth-order valence-electron chi connectivity index (χ4n) is 1.19. The minimum Gasteiger partial charge on any atom is -0.494 e. The highest BCUT2D eigenvalue weighted by molar-refractivity contribution is 5.64. The number of carbonyl (C=O) groups excluding carboxylic acids is 1. The Kier molecular flexibility index (Phi) is 3.01. The predicted octanol–water partition coefficient (Wildman–Crippen LogP) is 1.84. The molecule has 4 nitrogen and oxygen atoms in total. The SMILES string of the molecule is COc1c(N=C=O)ccc(C#N)c1C. The van der Waals surface area contributed by atoms with Gasteiger partial charge in [-0.1, -0.05) is 0 Å². The maximum atomic E-state index is 10.1. The standard InChI is InChI=1S/C10H8N2O2/c1-7-8(5-11)3-4-9(12-6-13)10(7)14-2/h3-4H,1-2H3. The van der Waals surface area contributed by atoms with Gasteiger partial charge in [-0.2, -0.15) is 10.3 Å². The summed E-state index contributed by atoms with van der Waals surface area (Å²) in [5.41, 5.74) is 1.57. The summed E-state index contributed by atoms with van der Waals surface area (Å²) in [6.07, 6.45) is 1.44. The van der Waals surface area contributed by atoms with Crippen LogP contribution < -0.4 is 4.74 Å². The number of isocyanates is 1. The quantitative estimate of drug-likeness (QED) is 0.525. The highest BCUT2D eigenvalue weighted by atomic mass is 16.5. The Morgan fingerprint density at radius 1 is 1.50 bits per heavy atom. The van der Waals surface area contributed by atoms with Crippen LogP contribution in [0.5, 0.6) is 5.75 Å². The maximum absolute atomic E-state index is 10.1. The molecule has 0 N–H and O–H groups in total.